The van der Waals surface area contributed by atoms with Gasteiger partial charge < -0.3 is 10.1 Å². The highest BCUT2D eigenvalue weighted by atomic mass is 19.4. The van der Waals surface area contributed by atoms with Crippen molar-refractivity contribution < 1.29 is 27.5 Å². The number of hydrogen-bond acceptors (Lipinski definition) is 4. The molecule has 3 aromatic carbocycles. The van der Waals surface area contributed by atoms with Crippen molar-refractivity contribution in [3.05, 3.63) is 94.7 Å². The van der Waals surface area contributed by atoms with Crippen LogP contribution in [0.1, 0.15) is 22.3 Å². The number of carbonyl (C=O) groups is 2. The van der Waals surface area contributed by atoms with Crippen LogP contribution in [0.25, 0.3) is 5.57 Å². The van der Waals surface area contributed by atoms with E-state index in [-0.39, 0.29) is 22.6 Å². The summed E-state index contributed by atoms with van der Waals surface area (Å²) >= 11 is 0. The number of anilines is 2. The van der Waals surface area contributed by atoms with Gasteiger partial charge in [-0.2, -0.15) is 13.2 Å². The molecule has 1 aliphatic rings. The average molecular weight is 466 g/mol. The number of para-hydroxylation sites is 2. The van der Waals surface area contributed by atoms with Crippen LogP contribution in [-0.2, 0) is 15.8 Å². The van der Waals surface area contributed by atoms with Crippen LogP contribution in [0, 0.1) is 13.8 Å². The maximum absolute atomic E-state index is 13.6. The number of nitrogens with one attached hydrogen (secondary N) is 1. The number of methoxy groups -OCH3 is 1. The first-order chi connectivity index (χ1) is 16.1. The van der Waals surface area contributed by atoms with Crippen LogP contribution in [-0.4, -0.2) is 18.9 Å². The summed E-state index contributed by atoms with van der Waals surface area (Å²) in [5.74, 6) is -0.984. The zero-order valence-electron chi connectivity index (χ0n) is 18.7. The molecule has 34 heavy (non-hydrogen) atoms. The highest BCUT2D eigenvalue weighted by Crippen LogP contribution is 2.39. The Labute approximate surface area is 194 Å². The molecule has 0 aromatic heterocycles. The Hall–Kier alpha value is -4.07. The SMILES string of the molecule is COc1ccccc1N1C(=O)C(Nc2cccc(C(F)(F)F)c2)=C(c2ccc(C)cc2C)C1=O. The Kier molecular flexibility index (Phi) is 5.91. The third-order valence-electron chi connectivity index (χ3n) is 5.52. The predicted octanol–water partition coefficient (Wildman–Crippen LogP) is 5.73. The van der Waals surface area contributed by atoms with Gasteiger partial charge in [0.05, 0.1) is 23.9 Å². The van der Waals surface area contributed by atoms with Crippen molar-refractivity contribution in [1.29, 1.82) is 0 Å². The van der Waals surface area contributed by atoms with E-state index < -0.39 is 23.6 Å². The number of rotatable bonds is 5. The molecular weight excluding hydrogens is 445 g/mol. The summed E-state index contributed by atoms with van der Waals surface area (Å²) in [7, 11) is 1.42. The number of ether oxygens (including phenoxy) is 1. The zero-order valence-corrected chi connectivity index (χ0v) is 18.7. The van der Waals surface area contributed by atoms with E-state index >= 15 is 0 Å². The van der Waals surface area contributed by atoms with Crippen LogP contribution in [0.2, 0.25) is 0 Å². The molecule has 0 spiro atoms. The standard InChI is InChI=1S/C26H21F3N2O3/c1-15-11-12-19(16(2)13-15)22-23(30-18-8-6-7-17(14-18)26(27,28)29)25(33)31(24(22)32)20-9-4-5-10-21(20)34-3/h4-14,30H,1-3H3. The van der Waals surface area contributed by atoms with Crippen molar-refractivity contribution in [2.24, 2.45) is 0 Å². The summed E-state index contributed by atoms with van der Waals surface area (Å²) in [5.41, 5.74) is 1.60. The first-order valence-corrected chi connectivity index (χ1v) is 10.4. The molecule has 0 aliphatic carbocycles. The number of carbonyl (C=O) groups excluding carboxylic acids is 2. The third kappa shape index (κ3) is 4.14. The molecule has 0 unspecified atom stereocenters. The van der Waals surface area contributed by atoms with E-state index in [2.05, 4.69) is 5.32 Å². The van der Waals surface area contributed by atoms with E-state index in [9.17, 15) is 22.8 Å². The molecule has 1 N–H and O–H groups in total. The highest BCUT2D eigenvalue weighted by molar-refractivity contribution is 6.46. The largest absolute Gasteiger partial charge is 0.495 e. The van der Waals surface area contributed by atoms with E-state index in [1.54, 1.807) is 43.3 Å². The molecule has 174 valence electrons. The van der Waals surface area contributed by atoms with Crippen LogP contribution in [0.15, 0.2) is 72.4 Å². The molecule has 5 nitrogen and oxygen atoms in total. The van der Waals surface area contributed by atoms with Crippen molar-refractivity contribution in [1.82, 2.24) is 0 Å². The lowest BCUT2D eigenvalue weighted by atomic mass is 9.97. The van der Waals surface area contributed by atoms with E-state index in [0.29, 0.717) is 11.3 Å². The minimum Gasteiger partial charge on any atom is -0.495 e. The Morgan fingerprint density at radius 3 is 2.29 bits per heavy atom. The molecular formula is C26H21F3N2O3. The van der Waals surface area contributed by atoms with Gasteiger partial charge in [-0.3, -0.25) is 9.59 Å². The van der Waals surface area contributed by atoms with Gasteiger partial charge in [-0.15, -0.1) is 0 Å². The number of aryl methyl sites for hydroxylation is 2. The fourth-order valence-electron chi connectivity index (χ4n) is 3.94. The van der Waals surface area contributed by atoms with Gasteiger partial charge in [-0.25, -0.2) is 4.90 Å². The summed E-state index contributed by atoms with van der Waals surface area (Å²) in [5, 5.41) is 2.79. The molecule has 0 bridgehead atoms. The first kappa shape index (κ1) is 23.1. The van der Waals surface area contributed by atoms with Crippen molar-refractivity contribution in [3.63, 3.8) is 0 Å². The quantitative estimate of drug-likeness (QED) is 0.488. The lowest BCUT2D eigenvalue weighted by Gasteiger charge is -2.18. The molecule has 8 heteroatoms. The Bertz CT molecular complexity index is 1330. The lowest BCUT2D eigenvalue weighted by Crippen LogP contribution is -2.32. The van der Waals surface area contributed by atoms with E-state index in [4.69, 9.17) is 4.74 Å². The molecule has 0 saturated heterocycles. The fraction of sp³-hybridized carbons (Fsp3) is 0.154. The molecule has 1 aliphatic heterocycles. The number of alkyl halides is 3. The van der Waals surface area contributed by atoms with Crippen LogP contribution >= 0.6 is 0 Å². The van der Waals surface area contributed by atoms with Gasteiger partial charge in [0, 0.05) is 5.69 Å². The predicted molar refractivity (Wildman–Crippen MR) is 123 cm³/mol. The summed E-state index contributed by atoms with van der Waals surface area (Å²) in [6.45, 7) is 3.70. The van der Waals surface area contributed by atoms with Crippen molar-refractivity contribution in [2.75, 3.05) is 17.3 Å². The second kappa shape index (κ2) is 8.70. The normalized spacial score (nSPS) is 14.1. The summed E-state index contributed by atoms with van der Waals surface area (Å²) in [6, 6.07) is 16.4. The number of amides is 2. The summed E-state index contributed by atoms with van der Waals surface area (Å²) in [6.07, 6.45) is -4.55. The molecule has 0 fully saturated rings. The molecule has 0 saturated carbocycles. The minimum absolute atomic E-state index is 0.0371. The minimum atomic E-state index is -4.55. The van der Waals surface area contributed by atoms with Crippen LogP contribution in [0.4, 0.5) is 24.5 Å². The summed E-state index contributed by atoms with van der Waals surface area (Å²) in [4.78, 5) is 28.1. The van der Waals surface area contributed by atoms with Gasteiger partial charge in [0.25, 0.3) is 11.8 Å². The van der Waals surface area contributed by atoms with Gasteiger partial charge in [0.1, 0.15) is 11.4 Å². The molecule has 3 aromatic rings. The number of imide groups is 1. The summed E-state index contributed by atoms with van der Waals surface area (Å²) < 4.78 is 45.0. The van der Waals surface area contributed by atoms with E-state index in [1.807, 2.05) is 13.0 Å². The average Bonchev–Trinajstić information content (AvgIpc) is 3.03. The number of benzene rings is 3. The highest BCUT2D eigenvalue weighted by Gasteiger charge is 2.42. The smallest absolute Gasteiger partial charge is 0.416 e. The number of nitrogens with zero attached hydrogens (tertiary/aromatic N) is 1. The number of halogens is 3. The van der Waals surface area contributed by atoms with Gasteiger partial charge in [0.15, 0.2) is 0 Å². The topological polar surface area (TPSA) is 58.6 Å². The molecule has 2 amide bonds. The molecule has 1 heterocycles. The van der Waals surface area contributed by atoms with Crippen molar-refractivity contribution in [2.45, 2.75) is 20.0 Å². The van der Waals surface area contributed by atoms with Crippen LogP contribution < -0.4 is 15.0 Å². The Morgan fingerprint density at radius 1 is 0.882 bits per heavy atom. The maximum Gasteiger partial charge on any atom is 0.416 e. The fourth-order valence-corrected chi connectivity index (χ4v) is 3.94. The zero-order chi connectivity index (χ0) is 24.6. The van der Waals surface area contributed by atoms with Gasteiger partial charge in [-0.05, 0) is 55.3 Å². The van der Waals surface area contributed by atoms with Gasteiger partial charge >= 0.3 is 6.18 Å². The Balaban J connectivity index is 1.87. The first-order valence-electron chi connectivity index (χ1n) is 10.4. The van der Waals surface area contributed by atoms with Crippen LogP contribution in [0.5, 0.6) is 5.75 Å². The molecule has 0 atom stereocenters. The Morgan fingerprint density at radius 2 is 1.62 bits per heavy atom. The lowest BCUT2D eigenvalue weighted by molar-refractivity contribution is -0.137. The second-order valence-corrected chi connectivity index (χ2v) is 7.89. The van der Waals surface area contributed by atoms with Crippen LogP contribution in [0.3, 0.4) is 0 Å². The molecule has 0 radical (unpaired) electrons. The van der Waals surface area contributed by atoms with Crippen molar-refractivity contribution >= 4 is 28.8 Å². The molecule has 4 rings (SSSR count). The third-order valence-corrected chi connectivity index (χ3v) is 5.52. The van der Waals surface area contributed by atoms with Gasteiger partial charge in [0.2, 0.25) is 0 Å². The number of hydrogen-bond donors (Lipinski definition) is 1. The van der Waals surface area contributed by atoms with E-state index in [1.165, 1.54) is 19.2 Å². The monoisotopic (exact) mass is 466 g/mol. The van der Waals surface area contributed by atoms with Crippen molar-refractivity contribution in [3.8, 4) is 5.75 Å². The van der Waals surface area contributed by atoms with E-state index in [0.717, 1.165) is 28.2 Å². The second-order valence-electron chi connectivity index (χ2n) is 7.89. The van der Waals surface area contributed by atoms with Gasteiger partial charge in [-0.1, -0.05) is 42.0 Å². The maximum atomic E-state index is 13.6.